The zero-order valence-corrected chi connectivity index (χ0v) is 7.97. The van der Waals surface area contributed by atoms with Gasteiger partial charge in [-0.25, -0.2) is 0 Å². The van der Waals surface area contributed by atoms with Gasteiger partial charge in [-0.15, -0.1) is 0 Å². The van der Waals surface area contributed by atoms with Gasteiger partial charge in [-0.2, -0.15) is 0 Å². The van der Waals surface area contributed by atoms with Crippen LogP contribution in [0.3, 0.4) is 0 Å². The highest BCUT2D eigenvalue weighted by Gasteiger charge is 2.23. The molecule has 0 radical (unpaired) electrons. The molecular weight excluding hydrogens is 148 g/mol. The molecule has 0 aromatic heterocycles. The minimum atomic E-state index is 0.779. The highest BCUT2D eigenvalue weighted by molar-refractivity contribution is 4.84. The third-order valence-corrected chi connectivity index (χ3v) is 3.27. The van der Waals surface area contributed by atoms with E-state index in [1.54, 1.807) is 0 Å². The first-order chi connectivity index (χ1) is 5.84. The third kappa shape index (κ3) is 1.99. The predicted molar refractivity (Wildman–Crippen MR) is 51.2 cm³/mol. The molecule has 1 heterocycles. The second-order valence-corrected chi connectivity index (χ2v) is 4.46. The standard InChI is InChI=1S/C10H20N2/c1-8-2-3-9(6-8)12-7-10-4-5-11-10/h8-12H,2-7H2,1H3. The lowest BCUT2D eigenvalue weighted by Gasteiger charge is -2.29. The fourth-order valence-electron chi connectivity index (χ4n) is 2.22. The normalized spacial score (nSPS) is 41.2. The molecule has 2 N–H and O–H groups in total. The summed E-state index contributed by atoms with van der Waals surface area (Å²) in [6.45, 7) is 4.79. The van der Waals surface area contributed by atoms with Crippen molar-refractivity contribution in [2.75, 3.05) is 13.1 Å². The summed E-state index contributed by atoms with van der Waals surface area (Å²) in [5.74, 6) is 0.955. The van der Waals surface area contributed by atoms with Crippen molar-refractivity contribution in [2.24, 2.45) is 5.92 Å². The molecule has 2 rings (SSSR count). The zero-order valence-electron chi connectivity index (χ0n) is 7.97. The summed E-state index contributed by atoms with van der Waals surface area (Å²) in [5, 5.41) is 7.07. The highest BCUT2D eigenvalue weighted by atomic mass is 15.0. The smallest absolute Gasteiger partial charge is 0.0204 e. The Morgan fingerprint density at radius 3 is 2.67 bits per heavy atom. The fourth-order valence-corrected chi connectivity index (χ4v) is 2.22. The van der Waals surface area contributed by atoms with Crippen LogP contribution in [0.1, 0.15) is 32.6 Å². The summed E-state index contributed by atoms with van der Waals surface area (Å²) in [7, 11) is 0. The highest BCUT2D eigenvalue weighted by Crippen LogP contribution is 2.24. The molecule has 2 heteroatoms. The molecule has 12 heavy (non-hydrogen) atoms. The van der Waals surface area contributed by atoms with Gasteiger partial charge in [-0.3, -0.25) is 0 Å². The predicted octanol–water partition coefficient (Wildman–Crippen LogP) is 1.13. The Morgan fingerprint density at radius 2 is 2.17 bits per heavy atom. The van der Waals surface area contributed by atoms with Crippen LogP contribution in [0.15, 0.2) is 0 Å². The van der Waals surface area contributed by atoms with Crippen LogP contribution < -0.4 is 10.6 Å². The van der Waals surface area contributed by atoms with Crippen molar-refractivity contribution in [3.05, 3.63) is 0 Å². The van der Waals surface area contributed by atoms with Gasteiger partial charge in [0, 0.05) is 18.6 Å². The van der Waals surface area contributed by atoms with E-state index in [-0.39, 0.29) is 0 Å². The van der Waals surface area contributed by atoms with E-state index in [2.05, 4.69) is 17.6 Å². The van der Waals surface area contributed by atoms with Crippen LogP contribution in [0.25, 0.3) is 0 Å². The van der Waals surface area contributed by atoms with Gasteiger partial charge in [0.15, 0.2) is 0 Å². The minimum Gasteiger partial charge on any atom is -0.313 e. The molecule has 0 bridgehead atoms. The van der Waals surface area contributed by atoms with Gasteiger partial charge in [0.05, 0.1) is 0 Å². The minimum absolute atomic E-state index is 0.779. The Kier molecular flexibility index (Phi) is 2.66. The monoisotopic (exact) mass is 168 g/mol. The maximum absolute atomic E-state index is 3.65. The van der Waals surface area contributed by atoms with Gasteiger partial charge in [0.1, 0.15) is 0 Å². The first-order valence-corrected chi connectivity index (χ1v) is 5.31. The van der Waals surface area contributed by atoms with E-state index < -0.39 is 0 Å². The Labute approximate surface area is 75.1 Å². The number of rotatable bonds is 3. The van der Waals surface area contributed by atoms with Gasteiger partial charge in [-0.05, 0) is 38.1 Å². The van der Waals surface area contributed by atoms with Gasteiger partial charge in [-0.1, -0.05) is 6.92 Å². The lowest BCUT2D eigenvalue weighted by atomic mass is 10.1. The number of nitrogens with one attached hydrogen (secondary N) is 2. The molecule has 0 aromatic carbocycles. The molecule has 0 amide bonds. The summed E-state index contributed by atoms with van der Waals surface area (Å²) in [6, 6.07) is 1.60. The SMILES string of the molecule is CC1CCC(NCC2CCN2)C1. The van der Waals surface area contributed by atoms with E-state index in [1.807, 2.05) is 0 Å². The van der Waals surface area contributed by atoms with Crippen molar-refractivity contribution >= 4 is 0 Å². The molecule has 2 fully saturated rings. The summed E-state index contributed by atoms with van der Waals surface area (Å²) in [4.78, 5) is 0. The van der Waals surface area contributed by atoms with E-state index >= 15 is 0 Å². The van der Waals surface area contributed by atoms with Crippen molar-refractivity contribution in [3.8, 4) is 0 Å². The molecular formula is C10H20N2. The Hall–Kier alpha value is -0.0800. The van der Waals surface area contributed by atoms with Crippen LogP contribution in [-0.2, 0) is 0 Å². The summed E-state index contributed by atoms with van der Waals surface area (Å²) in [5.41, 5.74) is 0. The van der Waals surface area contributed by atoms with Crippen molar-refractivity contribution in [3.63, 3.8) is 0 Å². The van der Waals surface area contributed by atoms with E-state index in [0.29, 0.717) is 0 Å². The van der Waals surface area contributed by atoms with E-state index in [4.69, 9.17) is 0 Å². The van der Waals surface area contributed by atoms with Gasteiger partial charge < -0.3 is 10.6 Å². The third-order valence-electron chi connectivity index (χ3n) is 3.27. The van der Waals surface area contributed by atoms with E-state index in [0.717, 1.165) is 18.0 Å². The summed E-state index contributed by atoms with van der Waals surface area (Å²) < 4.78 is 0. The van der Waals surface area contributed by atoms with Crippen LogP contribution in [0, 0.1) is 5.92 Å². The van der Waals surface area contributed by atoms with E-state index in [9.17, 15) is 0 Å². The first kappa shape index (κ1) is 8.52. The second-order valence-electron chi connectivity index (χ2n) is 4.46. The van der Waals surface area contributed by atoms with Crippen LogP contribution in [0.2, 0.25) is 0 Å². The topological polar surface area (TPSA) is 24.1 Å². The maximum Gasteiger partial charge on any atom is 0.0204 e. The number of hydrogen-bond donors (Lipinski definition) is 2. The molecule has 0 aromatic rings. The van der Waals surface area contributed by atoms with Gasteiger partial charge in [0.25, 0.3) is 0 Å². The van der Waals surface area contributed by atoms with Gasteiger partial charge >= 0.3 is 0 Å². The lowest BCUT2D eigenvalue weighted by Crippen LogP contribution is -2.50. The lowest BCUT2D eigenvalue weighted by molar-refractivity contribution is 0.336. The number of hydrogen-bond acceptors (Lipinski definition) is 2. The molecule has 3 unspecified atom stereocenters. The molecule has 1 saturated carbocycles. The zero-order chi connectivity index (χ0) is 8.39. The average molecular weight is 168 g/mol. The maximum atomic E-state index is 3.65. The van der Waals surface area contributed by atoms with Crippen LogP contribution >= 0.6 is 0 Å². The fraction of sp³-hybridized carbons (Fsp3) is 1.00. The van der Waals surface area contributed by atoms with Crippen molar-refractivity contribution in [1.82, 2.24) is 10.6 Å². The Balaban J connectivity index is 1.60. The quantitative estimate of drug-likeness (QED) is 0.660. The second kappa shape index (κ2) is 3.75. The van der Waals surface area contributed by atoms with Crippen molar-refractivity contribution < 1.29 is 0 Å². The molecule has 0 spiro atoms. The van der Waals surface area contributed by atoms with Gasteiger partial charge in [0.2, 0.25) is 0 Å². The first-order valence-electron chi connectivity index (χ1n) is 5.31. The largest absolute Gasteiger partial charge is 0.313 e. The molecule has 70 valence electrons. The van der Waals surface area contributed by atoms with E-state index in [1.165, 1.54) is 38.8 Å². The Morgan fingerprint density at radius 1 is 1.33 bits per heavy atom. The van der Waals surface area contributed by atoms with Crippen LogP contribution in [0.4, 0.5) is 0 Å². The molecule has 1 aliphatic carbocycles. The van der Waals surface area contributed by atoms with Crippen molar-refractivity contribution in [2.45, 2.75) is 44.7 Å². The molecule has 1 aliphatic heterocycles. The Bertz CT molecular complexity index is 143. The van der Waals surface area contributed by atoms with Crippen molar-refractivity contribution in [1.29, 1.82) is 0 Å². The molecule has 3 atom stereocenters. The molecule has 2 nitrogen and oxygen atoms in total. The van der Waals surface area contributed by atoms with Crippen LogP contribution in [-0.4, -0.2) is 25.2 Å². The summed E-state index contributed by atoms with van der Waals surface area (Å²) >= 11 is 0. The molecule has 1 saturated heterocycles. The average Bonchev–Trinajstić information content (AvgIpc) is 2.32. The molecule has 2 aliphatic rings. The van der Waals surface area contributed by atoms with Crippen LogP contribution in [0.5, 0.6) is 0 Å². The summed E-state index contributed by atoms with van der Waals surface area (Å²) in [6.07, 6.45) is 5.59.